The molecule has 1 aromatic heterocycles. The Hall–Kier alpha value is -1.23. The zero-order valence-electron chi connectivity index (χ0n) is 13.7. The predicted octanol–water partition coefficient (Wildman–Crippen LogP) is 2.42. The number of ether oxygens (including phenoxy) is 1. The van der Waals surface area contributed by atoms with Crippen LogP contribution in [0.2, 0.25) is 5.02 Å². The molecule has 0 fully saturated rings. The van der Waals surface area contributed by atoms with E-state index < -0.39 is 0 Å². The van der Waals surface area contributed by atoms with E-state index in [4.69, 9.17) is 16.3 Å². The van der Waals surface area contributed by atoms with Gasteiger partial charge in [-0.3, -0.25) is 0 Å². The van der Waals surface area contributed by atoms with Crippen LogP contribution in [0.25, 0.3) is 0 Å². The summed E-state index contributed by atoms with van der Waals surface area (Å²) >= 11 is 6.22. The minimum atomic E-state index is 0.501. The highest BCUT2D eigenvalue weighted by molar-refractivity contribution is 6.36. The van der Waals surface area contributed by atoms with Gasteiger partial charge in [-0.15, -0.1) is 0 Å². The van der Waals surface area contributed by atoms with Crippen molar-refractivity contribution in [2.75, 3.05) is 20.2 Å². The molecule has 0 atom stereocenters. The molecule has 6 heteroatoms. The van der Waals surface area contributed by atoms with Crippen LogP contribution >= 0.6 is 11.6 Å². The van der Waals surface area contributed by atoms with Crippen molar-refractivity contribution in [3.8, 4) is 5.88 Å². The van der Waals surface area contributed by atoms with Gasteiger partial charge in [-0.05, 0) is 31.7 Å². The number of hydrogen-bond donors (Lipinski definition) is 0. The Morgan fingerprint density at radius 2 is 2.24 bits per heavy atom. The third-order valence-electron chi connectivity index (χ3n) is 3.17. The Morgan fingerprint density at radius 1 is 1.52 bits per heavy atom. The fourth-order valence-corrected chi connectivity index (χ4v) is 1.88. The first-order chi connectivity index (χ1) is 9.93. The average molecular weight is 310 g/mol. The van der Waals surface area contributed by atoms with E-state index in [0.717, 1.165) is 30.7 Å². The van der Waals surface area contributed by atoms with Crippen molar-refractivity contribution >= 4 is 37.1 Å². The van der Waals surface area contributed by atoms with E-state index in [-0.39, 0.29) is 0 Å². The normalized spacial score (nSPS) is 11.3. The lowest BCUT2D eigenvalue weighted by molar-refractivity contribution is 0.288. The van der Waals surface area contributed by atoms with Gasteiger partial charge in [-0.25, -0.2) is 9.98 Å². The molecule has 0 bridgehead atoms. The van der Waals surface area contributed by atoms with Gasteiger partial charge in [0.05, 0.1) is 18.6 Å². The third kappa shape index (κ3) is 6.38. The largest absolute Gasteiger partial charge is 0.477 e. The van der Waals surface area contributed by atoms with Gasteiger partial charge >= 0.3 is 0 Å². The fraction of sp³-hybridized carbons (Fsp3) is 0.600. The van der Waals surface area contributed by atoms with Crippen molar-refractivity contribution in [1.29, 1.82) is 0 Å². The molecule has 0 saturated carbocycles. The zero-order chi connectivity index (χ0) is 15.8. The molecule has 1 heterocycles. The van der Waals surface area contributed by atoms with Crippen LogP contribution in [-0.4, -0.2) is 44.3 Å². The molecule has 0 aliphatic rings. The number of hydrogen-bond acceptors (Lipinski definition) is 3. The SMILES string of the molecule is Bc1nc(OCCCC(C)C)c(Cl)cc1/N=C/N(C)CC. The molecule has 0 N–H and O–H groups in total. The molecule has 0 spiro atoms. The summed E-state index contributed by atoms with van der Waals surface area (Å²) in [4.78, 5) is 10.8. The van der Waals surface area contributed by atoms with Gasteiger partial charge in [0.2, 0.25) is 5.88 Å². The maximum absolute atomic E-state index is 6.22. The minimum absolute atomic E-state index is 0.501. The molecule has 1 rings (SSSR count). The number of rotatable bonds is 8. The van der Waals surface area contributed by atoms with E-state index >= 15 is 0 Å². The van der Waals surface area contributed by atoms with Gasteiger partial charge in [-0.2, -0.15) is 0 Å². The van der Waals surface area contributed by atoms with Gasteiger partial charge in [0, 0.05) is 19.2 Å². The molecular formula is C15H25BClN3O. The quantitative estimate of drug-likeness (QED) is 0.320. The first-order valence-electron chi connectivity index (χ1n) is 7.48. The molecule has 1 aromatic rings. The van der Waals surface area contributed by atoms with Crippen LogP contribution in [0.1, 0.15) is 33.6 Å². The maximum atomic E-state index is 6.22. The Labute approximate surface area is 134 Å². The Morgan fingerprint density at radius 3 is 2.86 bits per heavy atom. The van der Waals surface area contributed by atoms with Gasteiger partial charge in [0.1, 0.15) is 5.02 Å². The molecule has 116 valence electrons. The molecule has 21 heavy (non-hydrogen) atoms. The molecule has 0 aliphatic carbocycles. The van der Waals surface area contributed by atoms with Crippen molar-refractivity contribution in [1.82, 2.24) is 9.88 Å². The smallest absolute Gasteiger partial charge is 0.232 e. The van der Waals surface area contributed by atoms with Crippen LogP contribution in [0, 0.1) is 5.92 Å². The standard InChI is InChI=1S/C15H25BClN3O/c1-5-20(4)10-18-13-9-12(17)15(19-14(13)16)21-8-6-7-11(2)3/h9-11H,5-8,16H2,1-4H3/b18-10+. The molecule has 0 aliphatic heterocycles. The Bertz CT molecular complexity index is 480. The molecule has 0 saturated heterocycles. The van der Waals surface area contributed by atoms with Crippen LogP contribution in [0.4, 0.5) is 5.69 Å². The average Bonchev–Trinajstić information content (AvgIpc) is 2.44. The van der Waals surface area contributed by atoms with Gasteiger partial charge in [0.15, 0.2) is 7.85 Å². The van der Waals surface area contributed by atoms with Crippen molar-refractivity contribution in [2.45, 2.75) is 33.6 Å². The van der Waals surface area contributed by atoms with E-state index in [9.17, 15) is 0 Å². The van der Waals surface area contributed by atoms with Gasteiger partial charge < -0.3 is 9.64 Å². The summed E-state index contributed by atoms with van der Waals surface area (Å²) in [5.74, 6) is 1.19. The lowest BCUT2D eigenvalue weighted by Gasteiger charge is -2.11. The molecule has 0 unspecified atom stereocenters. The zero-order valence-corrected chi connectivity index (χ0v) is 14.4. The number of aliphatic imine (C=N–C) groups is 1. The molecule has 4 nitrogen and oxygen atoms in total. The molecular weight excluding hydrogens is 284 g/mol. The topological polar surface area (TPSA) is 37.7 Å². The highest BCUT2D eigenvalue weighted by atomic mass is 35.5. The van der Waals surface area contributed by atoms with Gasteiger partial charge in [-0.1, -0.05) is 25.4 Å². The van der Waals surface area contributed by atoms with Crippen LogP contribution in [0.3, 0.4) is 0 Å². The summed E-state index contributed by atoms with van der Waals surface area (Å²) < 4.78 is 5.66. The summed E-state index contributed by atoms with van der Waals surface area (Å²) in [5.41, 5.74) is 1.59. The van der Waals surface area contributed by atoms with Crippen molar-refractivity contribution in [3.05, 3.63) is 11.1 Å². The Kier molecular flexibility index (Phi) is 7.58. The van der Waals surface area contributed by atoms with Crippen molar-refractivity contribution in [3.63, 3.8) is 0 Å². The number of pyridine rings is 1. The highest BCUT2D eigenvalue weighted by Gasteiger charge is 2.08. The molecule has 0 amide bonds. The highest BCUT2D eigenvalue weighted by Crippen LogP contribution is 2.24. The number of aromatic nitrogens is 1. The van der Waals surface area contributed by atoms with Crippen LogP contribution in [-0.2, 0) is 0 Å². The van der Waals surface area contributed by atoms with Crippen LogP contribution in [0.15, 0.2) is 11.1 Å². The number of nitrogens with zero attached hydrogens (tertiary/aromatic N) is 3. The molecule has 0 radical (unpaired) electrons. The van der Waals surface area contributed by atoms with E-state index in [1.807, 2.05) is 25.9 Å². The Balaban J connectivity index is 2.68. The summed E-state index contributed by atoms with van der Waals surface area (Å²) in [7, 11) is 3.88. The van der Waals surface area contributed by atoms with Crippen molar-refractivity contribution in [2.24, 2.45) is 10.9 Å². The second kappa shape index (κ2) is 8.93. The first-order valence-corrected chi connectivity index (χ1v) is 7.86. The summed E-state index contributed by atoms with van der Waals surface area (Å²) in [6, 6.07) is 1.81. The maximum Gasteiger partial charge on any atom is 0.232 e. The molecule has 0 aromatic carbocycles. The van der Waals surface area contributed by atoms with Gasteiger partial charge in [0.25, 0.3) is 0 Å². The fourth-order valence-electron chi connectivity index (χ4n) is 1.68. The predicted molar refractivity (Wildman–Crippen MR) is 93.4 cm³/mol. The van der Waals surface area contributed by atoms with Crippen LogP contribution in [0.5, 0.6) is 5.88 Å². The lowest BCUT2D eigenvalue weighted by atomic mass is 10.0. The number of halogens is 1. The van der Waals surface area contributed by atoms with E-state index in [0.29, 0.717) is 23.4 Å². The first kappa shape index (κ1) is 17.8. The second-order valence-corrected chi connectivity index (χ2v) is 5.99. The van der Waals surface area contributed by atoms with Crippen molar-refractivity contribution < 1.29 is 4.74 Å². The summed E-state index contributed by atoms with van der Waals surface area (Å²) in [6.45, 7) is 8.02. The van der Waals surface area contributed by atoms with Crippen LogP contribution < -0.4 is 10.3 Å². The van der Waals surface area contributed by atoms with E-state index in [2.05, 4.69) is 30.7 Å². The third-order valence-corrected chi connectivity index (χ3v) is 3.44. The lowest BCUT2D eigenvalue weighted by Crippen LogP contribution is -2.16. The van der Waals surface area contributed by atoms with E-state index in [1.165, 1.54) is 0 Å². The summed E-state index contributed by atoms with van der Waals surface area (Å²) in [6.07, 6.45) is 3.93. The minimum Gasteiger partial charge on any atom is -0.477 e. The summed E-state index contributed by atoms with van der Waals surface area (Å²) in [5, 5.41) is 0.511. The second-order valence-electron chi connectivity index (χ2n) is 5.58. The van der Waals surface area contributed by atoms with E-state index in [1.54, 1.807) is 6.34 Å². The monoisotopic (exact) mass is 309 g/mol.